The van der Waals surface area contributed by atoms with E-state index in [1.165, 1.54) is 0 Å². The number of aryl methyl sites for hydroxylation is 1. The Morgan fingerprint density at radius 1 is 1.21 bits per heavy atom. The lowest BCUT2D eigenvalue weighted by Crippen LogP contribution is -2.46. The normalized spacial score (nSPS) is 18.7. The molecule has 1 aliphatic rings. The van der Waals surface area contributed by atoms with Gasteiger partial charge in [0, 0.05) is 28.6 Å². The van der Waals surface area contributed by atoms with Crippen molar-refractivity contribution >= 4 is 35.8 Å². The number of nitrogens with one attached hydrogen (secondary N) is 2. The first-order chi connectivity index (χ1) is 13.5. The van der Waals surface area contributed by atoms with Gasteiger partial charge in [0.2, 0.25) is 0 Å². The average molecular weight is 419 g/mol. The van der Waals surface area contributed by atoms with Crippen molar-refractivity contribution in [1.82, 2.24) is 10.3 Å². The third kappa shape index (κ3) is 3.51. The smallest absolute Gasteiger partial charge is 0.409 e. The topological polar surface area (TPSA) is 37.0 Å². The first-order valence-corrected chi connectivity index (χ1v) is 9.55. The number of benzene rings is 2. The highest BCUT2D eigenvalue weighted by Gasteiger charge is 2.48. The first kappa shape index (κ1) is 20.2. The Hall–Kier alpha value is -2.12. The highest BCUT2D eigenvalue weighted by Crippen LogP contribution is 2.45. The zero-order valence-electron chi connectivity index (χ0n) is 16.2. The molecule has 1 unspecified atom stereocenters. The van der Waals surface area contributed by atoms with E-state index < -0.39 is 17.6 Å². The van der Waals surface area contributed by atoms with E-state index in [2.05, 4.69) is 10.3 Å². The van der Waals surface area contributed by atoms with Crippen molar-refractivity contribution in [2.24, 2.45) is 0 Å². The number of alkyl halides is 3. The van der Waals surface area contributed by atoms with Crippen LogP contribution in [0.3, 0.4) is 0 Å². The third-order valence-corrected chi connectivity index (χ3v) is 5.59. The van der Waals surface area contributed by atoms with Crippen LogP contribution in [0.25, 0.3) is 10.9 Å². The summed E-state index contributed by atoms with van der Waals surface area (Å²) in [6.45, 7) is 5.89. The molecule has 1 atom stereocenters. The summed E-state index contributed by atoms with van der Waals surface area (Å²) < 4.78 is 46.7. The number of rotatable bonds is 2. The predicted molar refractivity (Wildman–Crippen MR) is 110 cm³/mol. The van der Waals surface area contributed by atoms with Gasteiger partial charge < -0.3 is 15.0 Å². The van der Waals surface area contributed by atoms with Crippen LogP contribution in [0.5, 0.6) is 11.5 Å². The van der Waals surface area contributed by atoms with E-state index in [1.54, 1.807) is 30.3 Å². The van der Waals surface area contributed by atoms with Gasteiger partial charge in [-0.3, -0.25) is 0 Å². The van der Waals surface area contributed by atoms with E-state index in [9.17, 15) is 13.2 Å². The van der Waals surface area contributed by atoms with Gasteiger partial charge in [-0.05, 0) is 42.3 Å². The van der Waals surface area contributed by atoms with Crippen molar-refractivity contribution in [2.45, 2.75) is 38.4 Å². The van der Waals surface area contributed by atoms with E-state index in [0.29, 0.717) is 38.5 Å². The standard InChI is InChI=1S/C21H19BClF3N2O/c1-10-6-11(22)7-14(23)18(10)29-12-4-5-15-13(8-12)16-17(28-15)19(21(24,25)26)27-9-20(16,2)3/h4-8,19,27-28H,9H2,1-3H3. The average Bonchev–Trinajstić information content (AvgIpc) is 2.96. The summed E-state index contributed by atoms with van der Waals surface area (Å²) in [4.78, 5) is 2.97. The molecule has 2 aromatic carbocycles. The first-order valence-electron chi connectivity index (χ1n) is 9.17. The second-order valence-corrected chi connectivity index (χ2v) is 8.52. The second kappa shape index (κ2) is 6.71. The molecular weight excluding hydrogens is 400 g/mol. The fourth-order valence-corrected chi connectivity index (χ4v) is 4.35. The van der Waals surface area contributed by atoms with Crippen molar-refractivity contribution in [3.63, 3.8) is 0 Å². The molecule has 1 aliphatic heterocycles. The minimum absolute atomic E-state index is 0.155. The minimum atomic E-state index is -4.39. The molecule has 3 nitrogen and oxygen atoms in total. The lowest BCUT2D eigenvalue weighted by atomic mass is 9.78. The fraction of sp³-hybridized carbons (Fsp3) is 0.333. The SMILES string of the molecule is [B]c1cc(C)c(Oc2ccc3[nH]c4c(c3c2)C(C)(C)CNC4C(F)(F)F)c(Cl)c1. The molecular formula is C21H19BClF3N2O. The van der Waals surface area contributed by atoms with Crippen LogP contribution in [0, 0.1) is 6.92 Å². The monoisotopic (exact) mass is 418 g/mol. The number of ether oxygens (including phenoxy) is 1. The van der Waals surface area contributed by atoms with Crippen LogP contribution >= 0.6 is 11.6 Å². The Kier molecular flexibility index (Phi) is 4.67. The summed E-state index contributed by atoms with van der Waals surface area (Å²) in [7, 11) is 5.79. The van der Waals surface area contributed by atoms with Gasteiger partial charge in [0.25, 0.3) is 0 Å². The predicted octanol–water partition coefficient (Wildman–Crippen LogP) is 5.20. The fourth-order valence-electron chi connectivity index (χ4n) is 4.03. The number of aromatic nitrogens is 1. The molecule has 1 aromatic heterocycles. The quantitative estimate of drug-likeness (QED) is 0.561. The van der Waals surface area contributed by atoms with Crippen LogP contribution in [-0.2, 0) is 5.41 Å². The minimum Gasteiger partial charge on any atom is -0.456 e. The number of halogens is 4. The Balaban J connectivity index is 1.83. The van der Waals surface area contributed by atoms with Gasteiger partial charge in [0.05, 0.1) is 5.02 Å². The van der Waals surface area contributed by atoms with Gasteiger partial charge >= 0.3 is 6.18 Å². The van der Waals surface area contributed by atoms with Gasteiger partial charge in [-0.2, -0.15) is 13.2 Å². The number of fused-ring (bicyclic) bond motifs is 3. The van der Waals surface area contributed by atoms with Crippen molar-refractivity contribution in [3.8, 4) is 11.5 Å². The molecule has 0 fully saturated rings. The maximum Gasteiger partial charge on any atom is 0.409 e. The van der Waals surface area contributed by atoms with Crippen molar-refractivity contribution in [1.29, 1.82) is 0 Å². The van der Waals surface area contributed by atoms with Crippen LogP contribution in [0.1, 0.15) is 36.7 Å². The number of hydrogen-bond acceptors (Lipinski definition) is 2. The third-order valence-electron chi connectivity index (χ3n) is 5.31. The van der Waals surface area contributed by atoms with Crippen LogP contribution in [0.15, 0.2) is 30.3 Å². The Morgan fingerprint density at radius 3 is 2.59 bits per heavy atom. The zero-order chi connectivity index (χ0) is 21.1. The largest absolute Gasteiger partial charge is 0.456 e. The molecule has 4 rings (SSSR count). The molecule has 8 heteroatoms. The summed E-state index contributed by atoms with van der Waals surface area (Å²) in [5.74, 6) is 0.964. The number of hydrogen-bond donors (Lipinski definition) is 2. The molecule has 2 N–H and O–H groups in total. The van der Waals surface area contributed by atoms with Gasteiger partial charge in [0.1, 0.15) is 25.4 Å². The summed E-state index contributed by atoms with van der Waals surface area (Å²) in [6.07, 6.45) is -4.39. The second-order valence-electron chi connectivity index (χ2n) is 8.11. The molecule has 0 aliphatic carbocycles. The zero-order valence-corrected chi connectivity index (χ0v) is 16.9. The molecule has 3 aromatic rings. The van der Waals surface area contributed by atoms with E-state index in [1.807, 2.05) is 20.8 Å². The van der Waals surface area contributed by atoms with Crippen LogP contribution in [-0.4, -0.2) is 25.6 Å². The summed E-state index contributed by atoms with van der Waals surface area (Å²) in [5, 5.41) is 3.71. The molecule has 0 amide bonds. The lowest BCUT2D eigenvalue weighted by Gasteiger charge is -2.36. The van der Waals surface area contributed by atoms with Crippen LogP contribution < -0.4 is 15.5 Å². The van der Waals surface area contributed by atoms with E-state index in [4.69, 9.17) is 24.2 Å². The Labute approximate surface area is 173 Å². The molecule has 0 bridgehead atoms. The van der Waals surface area contributed by atoms with Gasteiger partial charge in [0.15, 0.2) is 0 Å². The summed E-state index contributed by atoms with van der Waals surface area (Å²) in [5.41, 5.74) is 2.26. The van der Waals surface area contributed by atoms with Gasteiger partial charge in [-0.15, -0.1) is 0 Å². The van der Waals surface area contributed by atoms with Crippen LogP contribution in [0.2, 0.25) is 5.02 Å². The molecule has 150 valence electrons. The molecule has 2 radical (unpaired) electrons. The molecule has 29 heavy (non-hydrogen) atoms. The molecule has 2 heterocycles. The highest BCUT2D eigenvalue weighted by molar-refractivity contribution is 6.37. The maximum atomic E-state index is 13.6. The molecule has 0 saturated carbocycles. The molecule has 0 spiro atoms. The number of aromatic amines is 1. The Morgan fingerprint density at radius 2 is 1.93 bits per heavy atom. The Bertz CT molecular complexity index is 1080. The highest BCUT2D eigenvalue weighted by atomic mass is 35.5. The number of H-pyrrole nitrogens is 1. The van der Waals surface area contributed by atoms with Crippen LogP contribution in [0.4, 0.5) is 13.2 Å². The van der Waals surface area contributed by atoms with E-state index in [-0.39, 0.29) is 12.2 Å². The molecule has 0 saturated heterocycles. The van der Waals surface area contributed by atoms with E-state index >= 15 is 0 Å². The summed E-state index contributed by atoms with van der Waals surface area (Å²) in [6, 6.07) is 6.82. The van der Waals surface area contributed by atoms with Gasteiger partial charge in [-0.25, -0.2) is 0 Å². The maximum absolute atomic E-state index is 13.6. The van der Waals surface area contributed by atoms with Crippen molar-refractivity contribution in [3.05, 3.63) is 52.2 Å². The van der Waals surface area contributed by atoms with E-state index in [0.717, 1.165) is 5.56 Å². The van der Waals surface area contributed by atoms with Crippen molar-refractivity contribution < 1.29 is 17.9 Å². The lowest BCUT2D eigenvalue weighted by molar-refractivity contribution is -0.160. The summed E-state index contributed by atoms with van der Waals surface area (Å²) >= 11 is 6.27. The van der Waals surface area contributed by atoms with Crippen molar-refractivity contribution in [2.75, 3.05) is 6.54 Å². The van der Waals surface area contributed by atoms with Gasteiger partial charge in [-0.1, -0.05) is 37.0 Å².